The van der Waals surface area contributed by atoms with Gasteiger partial charge in [-0.15, -0.1) is 2.88 Å². The zero-order valence-corrected chi connectivity index (χ0v) is 16.7. The van der Waals surface area contributed by atoms with Crippen molar-refractivity contribution in [2.24, 2.45) is 5.92 Å². The maximum atomic E-state index is 12.6. The molecule has 0 saturated heterocycles. The summed E-state index contributed by atoms with van der Waals surface area (Å²) in [5, 5.41) is 0. The topological polar surface area (TPSA) is 65.1 Å². The number of hydrogen-bond donors (Lipinski definition) is 0. The van der Waals surface area contributed by atoms with Gasteiger partial charge in [0.15, 0.2) is 0 Å². The van der Waals surface area contributed by atoms with Crippen molar-refractivity contribution in [1.82, 2.24) is 2.88 Å². The quantitative estimate of drug-likeness (QED) is 0.222. The number of rotatable bonds is 10. The monoisotopic (exact) mass is 435 g/mol. The van der Waals surface area contributed by atoms with Gasteiger partial charge in [0, 0.05) is 30.0 Å². The van der Waals surface area contributed by atoms with Gasteiger partial charge < -0.3 is 4.74 Å². The smallest absolute Gasteiger partial charge is 0.417 e. The van der Waals surface area contributed by atoms with E-state index in [-0.39, 0.29) is 12.0 Å². The fourth-order valence-corrected chi connectivity index (χ4v) is 3.95. The molecule has 0 fully saturated rings. The molecular formula is C13H27INO5P. The summed E-state index contributed by atoms with van der Waals surface area (Å²) >= 11 is 1.80. The SMILES string of the molecule is CCC(CC)OC(=O)C(C)N(I)P(=O)(OC)OCC(C)C. The minimum absolute atomic E-state index is 0.122. The van der Waals surface area contributed by atoms with E-state index < -0.39 is 19.8 Å². The third-order valence-electron chi connectivity index (χ3n) is 2.89. The van der Waals surface area contributed by atoms with E-state index in [1.54, 1.807) is 29.8 Å². The summed E-state index contributed by atoms with van der Waals surface area (Å²) in [6.45, 7) is 9.73. The van der Waals surface area contributed by atoms with Crippen LogP contribution in [0.5, 0.6) is 0 Å². The normalized spacial score (nSPS) is 16.3. The van der Waals surface area contributed by atoms with Crippen LogP contribution in [0.3, 0.4) is 0 Å². The van der Waals surface area contributed by atoms with Crippen LogP contribution in [0, 0.1) is 5.92 Å². The van der Waals surface area contributed by atoms with Crippen molar-refractivity contribution >= 4 is 36.6 Å². The molecule has 0 heterocycles. The molecule has 0 radical (unpaired) electrons. The number of esters is 1. The lowest BCUT2D eigenvalue weighted by Gasteiger charge is -2.28. The van der Waals surface area contributed by atoms with E-state index in [1.165, 1.54) is 9.99 Å². The highest BCUT2D eigenvalue weighted by molar-refractivity contribution is 14.1. The lowest BCUT2D eigenvalue weighted by molar-refractivity contribution is -0.152. The Morgan fingerprint density at radius 2 is 1.76 bits per heavy atom. The summed E-state index contributed by atoms with van der Waals surface area (Å²) < 4.78 is 29.7. The lowest BCUT2D eigenvalue weighted by Crippen LogP contribution is -2.34. The third kappa shape index (κ3) is 6.95. The summed E-state index contributed by atoms with van der Waals surface area (Å²) in [6.07, 6.45) is 1.38. The van der Waals surface area contributed by atoms with Gasteiger partial charge in [0.05, 0.1) is 6.61 Å². The van der Waals surface area contributed by atoms with Gasteiger partial charge in [-0.3, -0.25) is 13.8 Å². The minimum atomic E-state index is -3.50. The molecule has 0 amide bonds. The fraction of sp³-hybridized carbons (Fsp3) is 0.923. The second-order valence-electron chi connectivity index (χ2n) is 5.18. The summed E-state index contributed by atoms with van der Waals surface area (Å²) in [5.41, 5.74) is 0. The van der Waals surface area contributed by atoms with Gasteiger partial charge in [-0.1, -0.05) is 27.7 Å². The standard InChI is InChI=1S/C13H27INO5P/c1-7-12(8-2)20-13(16)11(5)15(14)21(17,18-6)19-9-10(3)4/h10-12H,7-9H2,1-6H3. The molecule has 8 heteroatoms. The second-order valence-corrected chi connectivity index (χ2v) is 8.97. The van der Waals surface area contributed by atoms with Crippen molar-refractivity contribution in [2.75, 3.05) is 13.7 Å². The van der Waals surface area contributed by atoms with Crippen LogP contribution in [0.25, 0.3) is 0 Å². The molecule has 0 aromatic carbocycles. The van der Waals surface area contributed by atoms with E-state index in [1.807, 2.05) is 27.7 Å². The third-order valence-corrected chi connectivity index (χ3v) is 7.06. The number of carbonyl (C=O) groups excluding carboxylic acids is 1. The molecule has 6 nitrogen and oxygen atoms in total. The van der Waals surface area contributed by atoms with Crippen LogP contribution in [0.1, 0.15) is 47.5 Å². The van der Waals surface area contributed by atoms with Crippen molar-refractivity contribution in [2.45, 2.75) is 59.6 Å². The van der Waals surface area contributed by atoms with Gasteiger partial charge in [-0.05, 0) is 25.7 Å². The number of hydrogen-bond acceptors (Lipinski definition) is 5. The molecule has 0 N–H and O–H groups in total. The van der Waals surface area contributed by atoms with Crippen LogP contribution in [0.2, 0.25) is 0 Å². The zero-order valence-electron chi connectivity index (χ0n) is 13.7. The van der Waals surface area contributed by atoms with Crippen molar-refractivity contribution in [3.05, 3.63) is 0 Å². The van der Waals surface area contributed by atoms with Gasteiger partial charge in [0.1, 0.15) is 12.1 Å². The summed E-state index contributed by atoms with van der Waals surface area (Å²) in [4.78, 5) is 12.1. The van der Waals surface area contributed by atoms with Crippen LogP contribution >= 0.6 is 30.6 Å². The van der Waals surface area contributed by atoms with Gasteiger partial charge >= 0.3 is 13.7 Å². The Hall–Kier alpha value is 0.310. The molecule has 2 unspecified atom stereocenters. The van der Waals surface area contributed by atoms with E-state index in [0.717, 1.165) is 12.8 Å². The van der Waals surface area contributed by atoms with E-state index in [2.05, 4.69) is 0 Å². The molecule has 0 aliphatic rings. The molecule has 0 saturated carbocycles. The lowest BCUT2D eigenvalue weighted by atomic mass is 10.2. The average molecular weight is 435 g/mol. The molecule has 2 atom stereocenters. The van der Waals surface area contributed by atoms with Crippen molar-refractivity contribution in [3.8, 4) is 0 Å². The predicted octanol–water partition coefficient (Wildman–Crippen LogP) is 4.19. The first-order valence-electron chi connectivity index (χ1n) is 7.18. The van der Waals surface area contributed by atoms with Crippen molar-refractivity contribution < 1.29 is 23.1 Å². The maximum absolute atomic E-state index is 12.6. The molecule has 0 spiro atoms. The fourth-order valence-electron chi connectivity index (χ4n) is 1.45. The second kappa shape index (κ2) is 10.2. The number of carbonyl (C=O) groups is 1. The highest BCUT2D eigenvalue weighted by Gasteiger charge is 2.39. The van der Waals surface area contributed by atoms with E-state index in [4.69, 9.17) is 13.8 Å². The first kappa shape index (κ1) is 21.3. The Balaban J connectivity index is 4.81. The van der Waals surface area contributed by atoms with E-state index in [0.29, 0.717) is 6.61 Å². The Bertz CT molecular complexity index is 362. The molecule has 0 bridgehead atoms. The number of ether oxygens (including phenoxy) is 1. The molecule has 0 rings (SSSR count). The van der Waals surface area contributed by atoms with Crippen LogP contribution < -0.4 is 0 Å². The first-order valence-corrected chi connectivity index (χ1v) is 9.64. The molecule has 0 aliphatic carbocycles. The van der Waals surface area contributed by atoms with Crippen LogP contribution in [0.15, 0.2) is 0 Å². The van der Waals surface area contributed by atoms with Crippen molar-refractivity contribution in [1.29, 1.82) is 0 Å². The predicted molar refractivity (Wildman–Crippen MR) is 91.2 cm³/mol. The largest absolute Gasteiger partial charge is 0.461 e. The Morgan fingerprint density at radius 1 is 1.24 bits per heavy atom. The van der Waals surface area contributed by atoms with Gasteiger partial charge in [0.25, 0.3) is 0 Å². The van der Waals surface area contributed by atoms with Crippen molar-refractivity contribution in [3.63, 3.8) is 0 Å². The molecule has 21 heavy (non-hydrogen) atoms. The molecule has 0 aromatic heterocycles. The average Bonchev–Trinajstić information content (AvgIpc) is 2.48. The summed E-state index contributed by atoms with van der Waals surface area (Å²) in [7, 11) is -2.19. The van der Waals surface area contributed by atoms with Gasteiger partial charge in [-0.2, -0.15) is 0 Å². The number of nitrogens with zero attached hydrogens (tertiary/aromatic N) is 1. The van der Waals surface area contributed by atoms with Crippen LogP contribution in [-0.4, -0.2) is 34.7 Å². The molecule has 0 aliphatic heterocycles. The van der Waals surface area contributed by atoms with E-state index in [9.17, 15) is 9.36 Å². The van der Waals surface area contributed by atoms with Gasteiger partial charge in [-0.25, -0.2) is 4.57 Å². The Kier molecular flexibility index (Phi) is 10.3. The Labute approximate surface area is 142 Å². The summed E-state index contributed by atoms with van der Waals surface area (Å²) in [5.74, 6) is -0.214. The summed E-state index contributed by atoms with van der Waals surface area (Å²) in [6, 6.07) is -0.718. The maximum Gasteiger partial charge on any atom is 0.417 e. The van der Waals surface area contributed by atoms with Gasteiger partial charge in [0.2, 0.25) is 0 Å². The first-order chi connectivity index (χ1) is 9.71. The van der Waals surface area contributed by atoms with E-state index >= 15 is 0 Å². The van der Waals surface area contributed by atoms with Crippen LogP contribution in [-0.2, 0) is 23.1 Å². The Morgan fingerprint density at radius 3 is 2.14 bits per heavy atom. The highest BCUT2D eigenvalue weighted by atomic mass is 127. The van der Waals surface area contributed by atoms with Crippen LogP contribution in [0.4, 0.5) is 0 Å². The molecule has 126 valence electrons. The molecule has 0 aromatic rings. The molecular weight excluding hydrogens is 408 g/mol. The minimum Gasteiger partial charge on any atom is -0.461 e. The highest BCUT2D eigenvalue weighted by Crippen LogP contribution is 2.55. The zero-order chi connectivity index (χ0) is 16.6. The number of halogens is 1.